The molecule has 31 heavy (non-hydrogen) atoms. The molecule has 1 atom stereocenters. The summed E-state index contributed by atoms with van der Waals surface area (Å²) in [4.78, 5) is 25.3. The van der Waals surface area contributed by atoms with Crippen LogP contribution in [-0.2, 0) is 4.74 Å². The summed E-state index contributed by atoms with van der Waals surface area (Å²) in [5, 5.41) is 5.73. The minimum absolute atomic E-state index is 0.00477. The van der Waals surface area contributed by atoms with Gasteiger partial charge >= 0.3 is 0 Å². The van der Waals surface area contributed by atoms with E-state index in [-0.39, 0.29) is 17.9 Å². The van der Waals surface area contributed by atoms with Gasteiger partial charge in [-0.3, -0.25) is 9.59 Å². The lowest BCUT2D eigenvalue weighted by Crippen LogP contribution is -2.27. The Balaban J connectivity index is 1.50. The number of para-hydroxylation sites is 1. The molecular formula is C25H25BrN2O3. The van der Waals surface area contributed by atoms with Crippen LogP contribution in [0.3, 0.4) is 0 Å². The van der Waals surface area contributed by atoms with Gasteiger partial charge in [0.25, 0.3) is 11.8 Å². The Labute approximate surface area is 191 Å². The normalized spacial score (nSPS) is 11.5. The highest BCUT2D eigenvalue weighted by Crippen LogP contribution is 2.20. The number of halogens is 1. The largest absolute Gasteiger partial charge is 0.374 e. The van der Waals surface area contributed by atoms with Crippen LogP contribution in [0.4, 0.5) is 5.69 Å². The molecule has 0 unspecified atom stereocenters. The molecule has 0 aliphatic carbocycles. The highest BCUT2D eigenvalue weighted by Gasteiger charge is 2.15. The molecule has 0 saturated carbocycles. The topological polar surface area (TPSA) is 67.4 Å². The molecule has 2 N–H and O–H groups in total. The van der Waals surface area contributed by atoms with Gasteiger partial charge in [-0.1, -0.05) is 54.6 Å². The number of hydrogen-bond acceptors (Lipinski definition) is 3. The lowest BCUT2D eigenvalue weighted by molar-refractivity contribution is 0.0635. The summed E-state index contributed by atoms with van der Waals surface area (Å²) in [6.45, 7) is 3.03. The first kappa shape index (κ1) is 22.7. The van der Waals surface area contributed by atoms with E-state index in [4.69, 9.17) is 4.74 Å². The maximum Gasteiger partial charge on any atom is 0.256 e. The van der Waals surface area contributed by atoms with Crippen molar-refractivity contribution in [3.63, 3.8) is 0 Å². The number of carbonyl (C=O) groups excluding carboxylic acids is 2. The summed E-state index contributed by atoms with van der Waals surface area (Å²) in [7, 11) is 0. The Kier molecular flexibility index (Phi) is 8.38. The molecule has 3 aromatic rings. The van der Waals surface area contributed by atoms with Crippen LogP contribution in [0.25, 0.3) is 0 Å². The zero-order valence-corrected chi connectivity index (χ0v) is 18.9. The van der Waals surface area contributed by atoms with Crippen molar-refractivity contribution in [1.29, 1.82) is 0 Å². The minimum atomic E-state index is -0.281. The van der Waals surface area contributed by atoms with Crippen molar-refractivity contribution < 1.29 is 14.3 Å². The Morgan fingerprint density at radius 2 is 1.52 bits per heavy atom. The van der Waals surface area contributed by atoms with E-state index in [1.54, 1.807) is 42.5 Å². The van der Waals surface area contributed by atoms with Crippen molar-refractivity contribution in [3.8, 4) is 0 Å². The molecule has 160 valence electrons. The predicted octanol–water partition coefficient (Wildman–Crippen LogP) is 5.60. The van der Waals surface area contributed by atoms with E-state index < -0.39 is 0 Å². The van der Waals surface area contributed by atoms with Gasteiger partial charge in [-0.2, -0.15) is 0 Å². The van der Waals surface area contributed by atoms with Crippen LogP contribution in [-0.4, -0.2) is 25.0 Å². The molecule has 0 bridgehead atoms. The molecule has 0 saturated heterocycles. The molecule has 0 aliphatic rings. The lowest BCUT2D eigenvalue weighted by atomic mass is 10.1. The molecule has 0 heterocycles. The molecule has 3 aromatic carbocycles. The minimum Gasteiger partial charge on any atom is -0.374 e. The van der Waals surface area contributed by atoms with E-state index in [2.05, 4.69) is 26.6 Å². The van der Waals surface area contributed by atoms with Gasteiger partial charge in [0.1, 0.15) is 0 Å². The lowest BCUT2D eigenvalue weighted by Gasteiger charge is -2.14. The Bertz CT molecular complexity index is 1020. The summed E-state index contributed by atoms with van der Waals surface area (Å²) in [6.07, 6.45) is 0.694. The Morgan fingerprint density at radius 1 is 0.871 bits per heavy atom. The van der Waals surface area contributed by atoms with Crippen molar-refractivity contribution >= 4 is 33.4 Å². The van der Waals surface area contributed by atoms with Crippen molar-refractivity contribution in [2.24, 2.45) is 0 Å². The van der Waals surface area contributed by atoms with Crippen molar-refractivity contribution in [3.05, 3.63) is 100 Å². The van der Waals surface area contributed by atoms with Crippen LogP contribution in [0.15, 0.2) is 83.3 Å². The Morgan fingerprint density at radius 3 is 2.26 bits per heavy atom. The number of nitrogens with one attached hydrogen (secondary N) is 2. The van der Waals surface area contributed by atoms with Gasteiger partial charge in [0.2, 0.25) is 0 Å². The van der Waals surface area contributed by atoms with E-state index in [1.807, 2.05) is 43.3 Å². The second-order valence-corrected chi connectivity index (χ2v) is 7.87. The zero-order valence-electron chi connectivity index (χ0n) is 17.3. The third kappa shape index (κ3) is 6.51. The molecule has 3 rings (SSSR count). The van der Waals surface area contributed by atoms with Gasteiger partial charge in [-0.25, -0.2) is 0 Å². The summed E-state index contributed by atoms with van der Waals surface area (Å²) in [5.41, 5.74) is 2.51. The highest BCUT2D eigenvalue weighted by molar-refractivity contribution is 9.10. The SMILES string of the molecule is C[C@@H](OCCCNC(=O)c1ccccc1NC(=O)c1ccccc1Br)c1ccccc1. The first-order valence-electron chi connectivity index (χ1n) is 10.2. The maximum absolute atomic E-state index is 12.7. The molecule has 0 aliphatic heterocycles. The molecule has 5 nitrogen and oxygen atoms in total. The average molecular weight is 481 g/mol. The average Bonchev–Trinajstić information content (AvgIpc) is 2.79. The van der Waals surface area contributed by atoms with Crippen molar-refractivity contribution in [2.45, 2.75) is 19.4 Å². The molecule has 0 aromatic heterocycles. The summed E-state index contributed by atoms with van der Waals surface area (Å²) < 4.78 is 6.53. The second kappa shape index (κ2) is 11.4. The Hall–Kier alpha value is -2.96. The van der Waals surface area contributed by atoms with Crippen LogP contribution in [0.2, 0.25) is 0 Å². The van der Waals surface area contributed by atoms with E-state index in [1.165, 1.54) is 0 Å². The van der Waals surface area contributed by atoms with Gasteiger partial charge in [-0.05, 0) is 59.1 Å². The number of anilines is 1. The van der Waals surface area contributed by atoms with Crippen LogP contribution in [0, 0.1) is 0 Å². The smallest absolute Gasteiger partial charge is 0.256 e. The number of ether oxygens (including phenoxy) is 1. The van der Waals surface area contributed by atoms with Gasteiger partial charge in [0.05, 0.1) is 22.9 Å². The quantitative estimate of drug-likeness (QED) is 0.391. The maximum atomic E-state index is 12.7. The monoisotopic (exact) mass is 480 g/mol. The van der Waals surface area contributed by atoms with Gasteiger partial charge < -0.3 is 15.4 Å². The fourth-order valence-electron chi connectivity index (χ4n) is 3.07. The van der Waals surface area contributed by atoms with E-state index in [9.17, 15) is 9.59 Å². The van der Waals surface area contributed by atoms with Crippen molar-refractivity contribution in [2.75, 3.05) is 18.5 Å². The fourth-order valence-corrected chi connectivity index (χ4v) is 3.54. The van der Waals surface area contributed by atoms with Crippen LogP contribution in [0.5, 0.6) is 0 Å². The second-order valence-electron chi connectivity index (χ2n) is 7.01. The molecule has 0 spiro atoms. The fraction of sp³-hybridized carbons (Fsp3) is 0.200. The van der Waals surface area contributed by atoms with Gasteiger partial charge in [0, 0.05) is 17.6 Å². The van der Waals surface area contributed by atoms with Crippen LogP contribution < -0.4 is 10.6 Å². The van der Waals surface area contributed by atoms with Crippen LogP contribution in [0.1, 0.15) is 45.7 Å². The van der Waals surface area contributed by atoms with Crippen molar-refractivity contribution in [1.82, 2.24) is 5.32 Å². The number of benzene rings is 3. The van der Waals surface area contributed by atoms with E-state index in [0.717, 1.165) is 5.56 Å². The summed E-state index contributed by atoms with van der Waals surface area (Å²) in [6, 6.07) is 24.1. The predicted molar refractivity (Wildman–Crippen MR) is 126 cm³/mol. The molecular weight excluding hydrogens is 456 g/mol. The number of amides is 2. The number of hydrogen-bond donors (Lipinski definition) is 2. The number of rotatable bonds is 9. The third-order valence-electron chi connectivity index (χ3n) is 4.78. The highest BCUT2D eigenvalue weighted by atomic mass is 79.9. The van der Waals surface area contributed by atoms with Crippen LogP contribution >= 0.6 is 15.9 Å². The van der Waals surface area contributed by atoms with Gasteiger partial charge in [0.15, 0.2) is 0 Å². The molecule has 2 amide bonds. The summed E-state index contributed by atoms with van der Waals surface area (Å²) in [5.74, 6) is -0.518. The standard InChI is InChI=1S/C25H25BrN2O3/c1-18(19-10-3-2-4-11-19)31-17-9-16-27-24(29)21-13-6-8-15-23(21)28-25(30)20-12-5-7-14-22(20)26/h2-8,10-15,18H,9,16-17H2,1H3,(H,27,29)(H,28,30)/t18-/m1/s1. The molecule has 0 fully saturated rings. The summed E-state index contributed by atoms with van der Waals surface area (Å²) >= 11 is 3.38. The zero-order chi connectivity index (χ0) is 22.1. The molecule has 6 heteroatoms. The van der Waals surface area contributed by atoms with E-state index in [0.29, 0.717) is 40.9 Å². The van der Waals surface area contributed by atoms with Gasteiger partial charge in [-0.15, -0.1) is 0 Å². The first-order chi connectivity index (χ1) is 15.1. The third-order valence-corrected chi connectivity index (χ3v) is 5.47. The molecule has 0 radical (unpaired) electrons. The first-order valence-corrected chi connectivity index (χ1v) is 10.9. The van der Waals surface area contributed by atoms with E-state index >= 15 is 0 Å². The number of carbonyl (C=O) groups is 2.